The van der Waals surface area contributed by atoms with Crippen molar-refractivity contribution in [2.24, 2.45) is 11.3 Å². The van der Waals surface area contributed by atoms with E-state index in [1.165, 1.54) is 0 Å². The van der Waals surface area contributed by atoms with Crippen LogP contribution in [-0.4, -0.2) is 36.1 Å². The molecule has 110 valence electrons. The highest BCUT2D eigenvalue weighted by atomic mass is 16.3. The summed E-state index contributed by atoms with van der Waals surface area (Å²) < 4.78 is 0. The van der Waals surface area contributed by atoms with Crippen molar-refractivity contribution < 1.29 is 14.7 Å². The minimum absolute atomic E-state index is 0.0495. The number of rotatable bonds is 5. The lowest BCUT2D eigenvalue weighted by atomic mass is 9.96. The summed E-state index contributed by atoms with van der Waals surface area (Å²) in [4.78, 5) is 23.2. The molecule has 0 saturated heterocycles. The Balaban J connectivity index is 2.13. The minimum atomic E-state index is -0.426. The zero-order valence-electron chi connectivity index (χ0n) is 12.2. The summed E-state index contributed by atoms with van der Waals surface area (Å²) in [5.41, 5.74) is -0.426. The third-order valence-corrected chi connectivity index (χ3v) is 3.50. The highest BCUT2D eigenvalue weighted by Crippen LogP contribution is 2.24. The average molecular weight is 270 g/mol. The third-order valence-electron chi connectivity index (χ3n) is 3.50. The molecular formula is C14H26N2O3. The topological polar surface area (TPSA) is 78.4 Å². The molecule has 5 nitrogen and oxygen atoms in total. The zero-order chi connectivity index (χ0) is 14.5. The second-order valence-electron chi connectivity index (χ2n) is 6.32. The third kappa shape index (κ3) is 5.59. The van der Waals surface area contributed by atoms with E-state index in [-0.39, 0.29) is 30.3 Å². The lowest BCUT2D eigenvalue weighted by Gasteiger charge is -2.18. The van der Waals surface area contributed by atoms with Gasteiger partial charge in [-0.15, -0.1) is 0 Å². The molecule has 5 heteroatoms. The van der Waals surface area contributed by atoms with Crippen molar-refractivity contribution in [3.05, 3.63) is 0 Å². The number of carbonyl (C=O) groups excluding carboxylic acids is 2. The summed E-state index contributed by atoms with van der Waals surface area (Å²) in [6.45, 7) is 6.40. The van der Waals surface area contributed by atoms with E-state index in [0.29, 0.717) is 13.1 Å². The first-order valence-corrected chi connectivity index (χ1v) is 7.04. The predicted octanol–water partition coefficient (Wildman–Crippen LogP) is 0.816. The van der Waals surface area contributed by atoms with Crippen molar-refractivity contribution in [2.45, 2.75) is 52.6 Å². The first kappa shape index (κ1) is 16.0. The van der Waals surface area contributed by atoms with Gasteiger partial charge in [0.1, 0.15) is 0 Å². The maximum absolute atomic E-state index is 11.6. The fourth-order valence-corrected chi connectivity index (χ4v) is 2.14. The maximum atomic E-state index is 11.6. The summed E-state index contributed by atoms with van der Waals surface area (Å²) in [5, 5.41) is 15.2. The largest absolute Gasteiger partial charge is 0.393 e. The van der Waals surface area contributed by atoms with E-state index in [1.54, 1.807) is 0 Å². The van der Waals surface area contributed by atoms with Gasteiger partial charge in [-0.1, -0.05) is 27.2 Å². The van der Waals surface area contributed by atoms with Crippen molar-refractivity contribution in [3.8, 4) is 0 Å². The molecule has 3 N–H and O–H groups in total. The second-order valence-corrected chi connectivity index (χ2v) is 6.32. The van der Waals surface area contributed by atoms with E-state index in [1.807, 2.05) is 20.8 Å². The fourth-order valence-electron chi connectivity index (χ4n) is 2.14. The smallest absolute Gasteiger partial charge is 0.225 e. The standard InChI is InChI=1S/C14H26N2O3/c1-14(2,3)13(19)15-8-7-12(18)16-9-10-5-4-6-11(10)17/h10-11,17H,4-9H2,1-3H3,(H,15,19)(H,16,18). The van der Waals surface area contributed by atoms with Crippen LogP contribution in [-0.2, 0) is 9.59 Å². The van der Waals surface area contributed by atoms with Crippen LogP contribution in [0.5, 0.6) is 0 Å². The lowest BCUT2D eigenvalue weighted by Crippen LogP contribution is -2.38. The van der Waals surface area contributed by atoms with Gasteiger partial charge in [0.25, 0.3) is 0 Å². The van der Waals surface area contributed by atoms with Gasteiger partial charge < -0.3 is 15.7 Å². The first-order valence-electron chi connectivity index (χ1n) is 7.04. The molecule has 0 aliphatic heterocycles. The zero-order valence-corrected chi connectivity index (χ0v) is 12.2. The molecule has 1 aliphatic rings. The lowest BCUT2D eigenvalue weighted by molar-refractivity contribution is -0.128. The molecule has 0 aromatic rings. The van der Waals surface area contributed by atoms with E-state index in [9.17, 15) is 14.7 Å². The van der Waals surface area contributed by atoms with Gasteiger partial charge in [0.05, 0.1) is 6.10 Å². The second kappa shape index (κ2) is 6.89. The molecule has 2 unspecified atom stereocenters. The summed E-state index contributed by atoms with van der Waals surface area (Å²) in [6, 6.07) is 0. The summed E-state index contributed by atoms with van der Waals surface area (Å²) in [6.07, 6.45) is 2.85. The Labute approximate surface area is 115 Å². The molecule has 0 spiro atoms. The van der Waals surface area contributed by atoms with Gasteiger partial charge in [-0.3, -0.25) is 9.59 Å². The normalized spacial score (nSPS) is 23.2. The van der Waals surface area contributed by atoms with Crippen molar-refractivity contribution >= 4 is 11.8 Å². The summed E-state index contributed by atoms with van der Waals surface area (Å²) in [5.74, 6) is 0.0629. The Bertz CT molecular complexity index is 323. The van der Waals surface area contributed by atoms with Gasteiger partial charge in [-0.05, 0) is 12.8 Å². The van der Waals surface area contributed by atoms with E-state index in [0.717, 1.165) is 19.3 Å². The van der Waals surface area contributed by atoms with Gasteiger partial charge in [-0.25, -0.2) is 0 Å². The Kier molecular flexibility index (Phi) is 5.79. The number of hydrogen-bond acceptors (Lipinski definition) is 3. The Hall–Kier alpha value is -1.10. The molecule has 1 fully saturated rings. The van der Waals surface area contributed by atoms with E-state index in [4.69, 9.17) is 0 Å². The summed E-state index contributed by atoms with van der Waals surface area (Å²) >= 11 is 0. The van der Waals surface area contributed by atoms with Crippen LogP contribution in [0, 0.1) is 11.3 Å². The molecule has 0 radical (unpaired) electrons. The monoisotopic (exact) mass is 270 g/mol. The van der Waals surface area contributed by atoms with E-state index < -0.39 is 5.41 Å². The molecule has 0 heterocycles. The van der Waals surface area contributed by atoms with Crippen LogP contribution in [0.15, 0.2) is 0 Å². The molecule has 0 bridgehead atoms. The van der Waals surface area contributed by atoms with Crippen molar-refractivity contribution in [1.82, 2.24) is 10.6 Å². The molecular weight excluding hydrogens is 244 g/mol. The number of aliphatic hydroxyl groups is 1. The minimum Gasteiger partial charge on any atom is -0.393 e. The quantitative estimate of drug-likeness (QED) is 0.692. The van der Waals surface area contributed by atoms with Crippen molar-refractivity contribution in [3.63, 3.8) is 0 Å². The highest BCUT2D eigenvalue weighted by molar-refractivity contribution is 5.82. The Morgan fingerprint density at radius 3 is 2.42 bits per heavy atom. The van der Waals surface area contributed by atoms with Crippen molar-refractivity contribution in [2.75, 3.05) is 13.1 Å². The van der Waals surface area contributed by atoms with Crippen LogP contribution in [0.1, 0.15) is 46.5 Å². The van der Waals surface area contributed by atoms with Crippen LogP contribution in [0.3, 0.4) is 0 Å². The van der Waals surface area contributed by atoms with Gasteiger partial charge in [0.2, 0.25) is 11.8 Å². The maximum Gasteiger partial charge on any atom is 0.225 e. The highest BCUT2D eigenvalue weighted by Gasteiger charge is 2.25. The molecule has 1 aliphatic carbocycles. The van der Waals surface area contributed by atoms with Crippen LogP contribution in [0.2, 0.25) is 0 Å². The average Bonchev–Trinajstić information content (AvgIpc) is 2.71. The van der Waals surface area contributed by atoms with Gasteiger partial charge in [-0.2, -0.15) is 0 Å². The Morgan fingerprint density at radius 1 is 1.21 bits per heavy atom. The predicted molar refractivity (Wildman–Crippen MR) is 73.4 cm³/mol. The molecule has 0 aromatic heterocycles. The SMILES string of the molecule is CC(C)(C)C(=O)NCCC(=O)NCC1CCCC1O. The van der Waals surface area contributed by atoms with Gasteiger partial charge >= 0.3 is 0 Å². The molecule has 19 heavy (non-hydrogen) atoms. The van der Waals surface area contributed by atoms with Crippen LogP contribution < -0.4 is 10.6 Å². The van der Waals surface area contributed by atoms with Gasteiger partial charge in [0.15, 0.2) is 0 Å². The summed E-state index contributed by atoms with van der Waals surface area (Å²) in [7, 11) is 0. The number of nitrogens with one attached hydrogen (secondary N) is 2. The molecule has 0 aromatic carbocycles. The van der Waals surface area contributed by atoms with E-state index in [2.05, 4.69) is 10.6 Å². The van der Waals surface area contributed by atoms with Gasteiger partial charge in [0, 0.05) is 30.8 Å². The molecule has 1 rings (SSSR count). The van der Waals surface area contributed by atoms with Crippen LogP contribution in [0.25, 0.3) is 0 Å². The Morgan fingerprint density at radius 2 is 1.89 bits per heavy atom. The van der Waals surface area contributed by atoms with E-state index >= 15 is 0 Å². The number of aliphatic hydroxyl groups excluding tert-OH is 1. The van der Waals surface area contributed by atoms with Crippen molar-refractivity contribution in [1.29, 1.82) is 0 Å². The molecule has 2 atom stereocenters. The molecule has 1 saturated carbocycles. The number of carbonyl (C=O) groups is 2. The van der Waals surface area contributed by atoms with Crippen LogP contribution >= 0.6 is 0 Å². The number of amides is 2. The van der Waals surface area contributed by atoms with Crippen LogP contribution in [0.4, 0.5) is 0 Å². The fraction of sp³-hybridized carbons (Fsp3) is 0.857. The molecule has 2 amide bonds. The number of hydrogen-bond donors (Lipinski definition) is 3. The first-order chi connectivity index (χ1) is 8.80.